The number of hydrogen-bond donors (Lipinski definition) is 0. The van der Waals surface area contributed by atoms with Crippen LogP contribution in [0.5, 0.6) is 5.75 Å². The maximum absolute atomic E-state index is 12.6. The lowest BCUT2D eigenvalue weighted by Crippen LogP contribution is -2.34. The molecule has 0 bridgehead atoms. The molecule has 0 atom stereocenters. The van der Waals surface area contributed by atoms with E-state index in [-0.39, 0.29) is 37.2 Å². The molecule has 0 aliphatic heterocycles. The van der Waals surface area contributed by atoms with Gasteiger partial charge in [0, 0.05) is 23.7 Å². The molecular weight excluding hydrogens is 388 g/mol. The van der Waals surface area contributed by atoms with E-state index in [2.05, 4.69) is 16.7 Å². The highest BCUT2D eigenvalue weighted by Crippen LogP contribution is 2.23. The molecular formula is C21H20N4O5. The van der Waals surface area contributed by atoms with Crippen LogP contribution in [-0.4, -0.2) is 39.0 Å². The SMILES string of the molecule is C=CCN(Cc1nc(-c2ccccc2)no1)C(=O)COc1ccc([N+](=O)[O-])c(C)c1. The first-order valence-electron chi connectivity index (χ1n) is 9.12. The van der Waals surface area contributed by atoms with Gasteiger partial charge < -0.3 is 14.2 Å². The number of amides is 1. The van der Waals surface area contributed by atoms with Crippen LogP contribution < -0.4 is 4.74 Å². The number of aromatic nitrogens is 2. The van der Waals surface area contributed by atoms with Gasteiger partial charge in [-0.25, -0.2) is 0 Å². The van der Waals surface area contributed by atoms with Crippen LogP contribution in [0.25, 0.3) is 11.4 Å². The minimum Gasteiger partial charge on any atom is -0.484 e. The molecule has 9 nitrogen and oxygen atoms in total. The quantitative estimate of drug-likeness (QED) is 0.302. The summed E-state index contributed by atoms with van der Waals surface area (Å²) in [7, 11) is 0. The van der Waals surface area contributed by atoms with E-state index in [9.17, 15) is 14.9 Å². The molecule has 0 aliphatic rings. The van der Waals surface area contributed by atoms with Crippen molar-refractivity contribution in [2.24, 2.45) is 0 Å². The van der Waals surface area contributed by atoms with Gasteiger partial charge in [-0.2, -0.15) is 4.98 Å². The molecule has 3 rings (SSSR count). The van der Waals surface area contributed by atoms with Crippen molar-refractivity contribution >= 4 is 11.6 Å². The molecule has 154 valence electrons. The Morgan fingerprint density at radius 3 is 2.73 bits per heavy atom. The van der Waals surface area contributed by atoms with Crippen molar-refractivity contribution in [1.82, 2.24) is 15.0 Å². The van der Waals surface area contributed by atoms with E-state index in [0.29, 0.717) is 17.1 Å². The summed E-state index contributed by atoms with van der Waals surface area (Å²) in [5.41, 5.74) is 1.26. The van der Waals surface area contributed by atoms with E-state index in [1.165, 1.54) is 23.1 Å². The second-order valence-electron chi connectivity index (χ2n) is 6.43. The van der Waals surface area contributed by atoms with Crippen molar-refractivity contribution in [3.63, 3.8) is 0 Å². The van der Waals surface area contributed by atoms with Gasteiger partial charge in [-0.3, -0.25) is 14.9 Å². The maximum atomic E-state index is 12.6. The number of nitro groups is 1. The minimum absolute atomic E-state index is 0.00688. The molecule has 1 aromatic heterocycles. The third kappa shape index (κ3) is 5.07. The Hall–Kier alpha value is -4.01. The normalized spacial score (nSPS) is 10.4. The number of benzene rings is 2. The maximum Gasteiger partial charge on any atom is 0.272 e. The van der Waals surface area contributed by atoms with Crippen LogP contribution in [0.2, 0.25) is 0 Å². The summed E-state index contributed by atoms with van der Waals surface area (Å²) in [4.78, 5) is 28.8. The molecule has 0 fully saturated rings. The van der Waals surface area contributed by atoms with Crippen LogP contribution in [0.1, 0.15) is 11.5 Å². The summed E-state index contributed by atoms with van der Waals surface area (Å²) < 4.78 is 10.8. The summed E-state index contributed by atoms with van der Waals surface area (Å²) in [6.07, 6.45) is 1.59. The largest absolute Gasteiger partial charge is 0.484 e. The molecule has 2 aromatic carbocycles. The van der Waals surface area contributed by atoms with Gasteiger partial charge >= 0.3 is 0 Å². The highest BCUT2D eigenvalue weighted by Gasteiger charge is 2.18. The number of aryl methyl sites for hydroxylation is 1. The fourth-order valence-electron chi connectivity index (χ4n) is 2.76. The third-order valence-electron chi connectivity index (χ3n) is 4.26. The second-order valence-corrected chi connectivity index (χ2v) is 6.43. The predicted molar refractivity (Wildman–Crippen MR) is 109 cm³/mol. The average molecular weight is 408 g/mol. The van der Waals surface area contributed by atoms with Crippen molar-refractivity contribution in [1.29, 1.82) is 0 Å². The molecule has 0 saturated heterocycles. The summed E-state index contributed by atoms with van der Waals surface area (Å²) >= 11 is 0. The molecule has 0 radical (unpaired) electrons. The molecule has 1 heterocycles. The van der Waals surface area contributed by atoms with Gasteiger partial charge in [0.25, 0.3) is 11.6 Å². The van der Waals surface area contributed by atoms with Gasteiger partial charge in [-0.05, 0) is 19.1 Å². The topological polar surface area (TPSA) is 112 Å². The average Bonchev–Trinajstić information content (AvgIpc) is 3.21. The lowest BCUT2D eigenvalue weighted by Gasteiger charge is -2.19. The molecule has 3 aromatic rings. The van der Waals surface area contributed by atoms with Crippen LogP contribution in [0.3, 0.4) is 0 Å². The van der Waals surface area contributed by atoms with Gasteiger partial charge in [0.2, 0.25) is 11.7 Å². The van der Waals surface area contributed by atoms with E-state index >= 15 is 0 Å². The number of carbonyl (C=O) groups excluding carboxylic acids is 1. The fraction of sp³-hybridized carbons (Fsp3) is 0.190. The van der Waals surface area contributed by atoms with Crippen LogP contribution >= 0.6 is 0 Å². The molecule has 0 N–H and O–H groups in total. The lowest BCUT2D eigenvalue weighted by atomic mass is 10.2. The van der Waals surface area contributed by atoms with Crippen LogP contribution in [-0.2, 0) is 11.3 Å². The molecule has 0 aliphatic carbocycles. The molecule has 9 heteroatoms. The zero-order valence-corrected chi connectivity index (χ0v) is 16.4. The van der Waals surface area contributed by atoms with E-state index in [1.807, 2.05) is 30.3 Å². The monoisotopic (exact) mass is 408 g/mol. The number of nitro benzene ring substituents is 1. The lowest BCUT2D eigenvalue weighted by molar-refractivity contribution is -0.385. The van der Waals surface area contributed by atoms with Crippen molar-refractivity contribution in [3.8, 4) is 17.1 Å². The number of rotatable bonds is 9. The van der Waals surface area contributed by atoms with Crippen LogP contribution in [0.4, 0.5) is 5.69 Å². The predicted octanol–water partition coefficient (Wildman–Crippen LogP) is 3.55. The zero-order chi connectivity index (χ0) is 21.5. The number of nitrogens with zero attached hydrogens (tertiary/aromatic N) is 4. The molecule has 30 heavy (non-hydrogen) atoms. The van der Waals surface area contributed by atoms with E-state index in [4.69, 9.17) is 9.26 Å². The zero-order valence-electron chi connectivity index (χ0n) is 16.4. The minimum atomic E-state index is -0.468. The van der Waals surface area contributed by atoms with Gasteiger partial charge in [-0.1, -0.05) is 41.6 Å². The first kappa shape index (κ1) is 20.7. The standard InChI is InChI=1S/C21H20N4O5/c1-3-11-24(13-19-22-21(23-30-19)16-7-5-4-6-8-16)20(26)14-29-17-9-10-18(25(27)28)15(2)12-17/h3-10,12H,1,11,13-14H2,2H3. The highest BCUT2D eigenvalue weighted by molar-refractivity contribution is 5.77. The van der Waals surface area contributed by atoms with E-state index < -0.39 is 4.92 Å². The van der Waals surface area contributed by atoms with Crippen molar-refractivity contribution in [2.75, 3.05) is 13.2 Å². The third-order valence-corrected chi connectivity index (χ3v) is 4.26. The Kier molecular flexibility index (Phi) is 6.53. The molecule has 1 amide bonds. The summed E-state index contributed by atoms with van der Waals surface area (Å²) in [6.45, 7) is 5.40. The Balaban J connectivity index is 1.64. The summed E-state index contributed by atoms with van der Waals surface area (Å²) in [5.74, 6) is 0.781. The molecule has 0 saturated carbocycles. The summed E-state index contributed by atoms with van der Waals surface area (Å²) in [5, 5.41) is 14.8. The van der Waals surface area contributed by atoms with Crippen LogP contribution in [0, 0.1) is 17.0 Å². The Morgan fingerprint density at radius 2 is 2.07 bits per heavy atom. The van der Waals surface area contributed by atoms with Crippen molar-refractivity contribution < 1.29 is 19.0 Å². The Morgan fingerprint density at radius 1 is 1.30 bits per heavy atom. The number of ether oxygens (including phenoxy) is 1. The Labute approximate surface area is 172 Å². The summed E-state index contributed by atoms with van der Waals surface area (Å²) in [6, 6.07) is 13.7. The smallest absolute Gasteiger partial charge is 0.272 e. The van der Waals surface area contributed by atoms with Gasteiger partial charge in [0.05, 0.1) is 4.92 Å². The first-order valence-corrected chi connectivity index (χ1v) is 9.12. The van der Waals surface area contributed by atoms with Crippen LogP contribution in [0.15, 0.2) is 65.7 Å². The van der Waals surface area contributed by atoms with Gasteiger partial charge in [-0.15, -0.1) is 6.58 Å². The van der Waals surface area contributed by atoms with E-state index in [1.54, 1.807) is 13.0 Å². The fourth-order valence-corrected chi connectivity index (χ4v) is 2.76. The van der Waals surface area contributed by atoms with Crippen molar-refractivity contribution in [2.45, 2.75) is 13.5 Å². The van der Waals surface area contributed by atoms with Gasteiger partial charge in [0.1, 0.15) is 12.3 Å². The molecule has 0 unspecified atom stereocenters. The first-order chi connectivity index (χ1) is 14.5. The number of hydrogen-bond acceptors (Lipinski definition) is 7. The Bertz CT molecular complexity index is 1050. The second kappa shape index (κ2) is 9.46. The highest BCUT2D eigenvalue weighted by atomic mass is 16.6. The molecule has 0 spiro atoms. The number of carbonyl (C=O) groups is 1. The van der Waals surface area contributed by atoms with Gasteiger partial charge in [0.15, 0.2) is 6.61 Å². The van der Waals surface area contributed by atoms with E-state index in [0.717, 1.165) is 5.56 Å². The van der Waals surface area contributed by atoms with Crippen molar-refractivity contribution in [3.05, 3.63) is 82.8 Å².